The van der Waals surface area contributed by atoms with Gasteiger partial charge in [0, 0.05) is 28.9 Å². The van der Waals surface area contributed by atoms with Crippen molar-refractivity contribution in [2.45, 2.75) is 30.8 Å². The molecule has 0 aromatic heterocycles. The maximum absolute atomic E-state index is 10.1. The average Bonchev–Trinajstić information content (AvgIpc) is 2.91. The van der Waals surface area contributed by atoms with Crippen LogP contribution in [-0.4, -0.2) is 24.0 Å². The summed E-state index contributed by atoms with van der Waals surface area (Å²) in [4.78, 5) is 2.30. The van der Waals surface area contributed by atoms with Crippen LogP contribution in [0.2, 0.25) is 5.02 Å². The van der Waals surface area contributed by atoms with Gasteiger partial charge in [0.05, 0.1) is 23.4 Å². The summed E-state index contributed by atoms with van der Waals surface area (Å²) in [6, 6.07) is 14.2. The Balaban J connectivity index is 2.04. The van der Waals surface area contributed by atoms with Crippen molar-refractivity contribution >= 4 is 11.6 Å². The topological polar surface area (TPSA) is 101 Å². The van der Waals surface area contributed by atoms with Crippen molar-refractivity contribution in [1.29, 1.82) is 15.8 Å². The van der Waals surface area contributed by atoms with Crippen LogP contribution in [0.25, 0.3) is 0 Å². The van der Waals surface area contributed by atoms with E-state index in [1.54, 1.807) is 12.1 Å². The maximum atomic E-state index is 10.1. The summed E-state index contributed by atoms with van der Waals surface area (Å²) in [5, 5.41) is 30.6. The van der Waals surface area contributed by atoms with Gasteiger partial charge in [-0.05, 0) is 43.2 Å². The minimum atomic E-state index is -1.59. The molecule has 27 heavy (non-hydrogen) atoms. The van der Waals surface area contributed by atoms with Gasteiger partial charge < -0.3 is 5.73 Å². The van der Waals surface area contributed by atoms with E-state index in [9.17, 15) is 15.8 Å². The maximum Gasteiger partial charge on any atom is 0.191 e. The van der Waals surface area contributed by atoms with E-state index in [0.717, 1.165) is 24.0 Å². The van der Waals surface area contributed by atoms with E-state index in [-0.39, 0.29) is 23.7 Å². The van der Waals surface area contributed by atoms with Crippen LogP contribution in [0.4, 0.5) is 0 Å². The van der Waals surface area contributed by atoms with E-state index in [0.29, 0.717) is 10.6 Å². The number of rotatable bonds is 1. The SMILES string of the molecule is CN1[C@@H]2C=C3C(C#N)=C(N)C(C#N)(C#N)[C@@H](c4ccc(Cl)cc4)[C@H]3[C@H]1CC2. The van der Waals surface area contributed by atoms with E-state index in [1.165, 1.54) is 0 Å². The number of likely N-dealkylation sites (N-methyl/N-ethyl adjacent to an activating group) is 1. The van der Waals surface area contributed by atoms with Crippen LogP contribution in [-0.2, 0) is 0 Å². The molecule has 5 nitrogen and oxygen atoms in total. The summed E-state index contributed by atoms with van der Waals surface area (Å²) >= 11 is 6.06. The van der Waals surface area contributed by atoms with Gasteiger partial charge in [-0.15, -0.1) is 0 Å². The largest absolute Gasteiger partial charge is 0.399 e. The molecule has 2 heterocycles. The Morgan fingerprint density at radius 1 is 1.15 bits per heavy atom. The van der Waals surface area contributed by atoms with Crippen molar-refractivity contribution < 1.29 is 0 Å². The molecule has 3 aliphatic rings. The molecule has 1 aliphatic carbocycles. The van der Waals surface area contributed by atoms with Crippen LogP contribution in [0.5, 0.6) is 0 Å². The first-order valence-electron chi connectivity index (χ1n) is 8.90. The van der Waals surface area contributed by atoms with E-state index >= 15 is 0 Å². The standard InChI is InChI=1S/C21H18ClN5/c1-27-14-6-7-17(27)18-15(8-14)16(9-23)20(26)21(10-24,11-25)19(18)12-2-4-13(22)5-3-12/h2-5,8,14,17-19H,6-7,26H2,1H3/t14-,17+,18+,19-/m0/s1. The lowest BCUT2D eigenvalue weighted by Crippen LogP contribution is -2.51. The Kier molecular flexibility index (Phi) is 4.01. The van der Waals surface area contributed by atoms with Crippen molar-refractivity contribution in [3.63, 3.8) is 0 Å². The van der Waals surface area contributed by atoms with Gasteiger partial charge in [0.1, 0.15) is 6.07 Å². The van der Waals surface area contributed by atoms with Crippen LogP contribution in [0, 0.1) is 45.3 Å². The number of hydrogen-bond donors (Lipinski definition) is 1. The van der Waals surface area contributed by atoms with Crippen molar-refractivity contribution in [3.8, 4) is 18.2 Å². The number of allylic oxidation sites excluding steroid dienone is 2. The van der Waals surface area contributed by atoms with Gasteiger partial charge >= 0.3 is 0 Å². The van der Waals surface area contributed by atoms with E-state index < -0.39 is 11.3 Å². The first-order chi connectivity index (χ1) is 13.0. The van der Waals surface area contributed by atoms with E-state index in [2.05, 4.69) is 36.2 Å². The zero-order chi connectivity index (χ0) is 19.3. The van der Waals surface area contributed by atoms with Crippen LogP contribution >= 0.6 is 11.6 Å². The number of benzene rings is 1. The molecule has 6 heteroatoms. The van der Waals surface area contributed by atoms with Crippen LogP contribution in [0.15, 0.2) is 47.2 Å². The number of nitrogens with two attached hydrogens (primary N) is 1. The zero-order valence-corrected chi connectivity index (χ0v) is 15.6. The van der Waals surface area contributed by atoms with Crippen LogP contribution in [0.1, 0.15) is 24.3 Å². The quantitative estimate of drug-likeness (QED) is 0.812. The highest BCUT2D eigenvalue weighted by Gasteiger charge is 2.58. The number of fused-ring (bicyclic) bond motifs is 4. The summed E-state index contributed by atoms with van der Waals surface area (Å²) in [7, 11) is 2.07. The summed E-state index contributed by atoms with van der Waals surface area (Å²) in [5.74, 6) is -0.601. The summed E-state index contributed by atoms with van der Waals surface area (Å²) in [6.07, 6.45) is 4.07. The van der Waals surface area contributed by atoms with Crippen molar-refractivity contribution in [1.82, 2.24) is 4.90 Å². The van der Waals surface area contributed by atoms with E-state index in [4.69, 9.17) is 17.3 Å². The predicted molar refractivity (Wildman–Crippen MR) is 101 cm³/mol. The second-order valence-electron chi connectivity index (χ2n) is 7.49. The molecule has 0 saturated carbocycles. The first-order valence-corrected chi connectivity index (χ1v) is 9.28. The minimum Gasteiger partial charge on any atom is -0.399 e. The molecule has 1 aromatic rings. The number of nitrogens with zero attached hydrogens (tertiary/aromatic N) is 4. The molecular weight excluding hydrogens is 358 g/mol. The molecule has 4 rings (SSSR count). The molecule has 2 bridgehead atoms. The molecule has 1 aromatic carbocycles. The van der Waals surface area contributed by atoms with E-state index in [1.807, 2.05) is 12.1 Å². The predicted octanol–water partition coefficient (Wildman–Crippen LogP) is 3.23. The summed E-state index contributed by atoms with van der Waals surface area (Å²) < 4.78 is 0. The lowest BCUT2D eigenvalue weighted by atomic mass is 9.56. The third-order valence-corrected chi connectivity index (χ3v) is 6.70. The Morgan fingerprint density at radius 2 is 1.81 bits per heavy atom. The Bertz CT molecular complexity index is 971. The van der Waals surface area contributed by atoms with Crippen molar-refractivity contribution in [2.24, 2.45) is 17.1 Å². The fourth-order valence-corrected chi connectivity index (χ4v) is 5.26. The third kappa shape index (κ3) is 2.25. The lowest BCUT2D eigenvalue weighted by Gasteiger charge is -2.48. The highest BCUT2D eigenvalue weighted by molar-refractivity contribution is 6.30. The molecule has 0 radical (unpaired) electrons. The van der Waals surface area contributed by atoms with Gasteiger partial charge in [-0.2, -0.15) is 15.8 Å². The monoisotopic (exact) mass is 375 g/mol. The number of nitriles is 3. The van der Waals surface area contributed by atoms with Gasteiger partial charge in [0.25, 0.3) is 0 Å². The Hall–Kier alpha value is -2.78. The fourth-order valence-electron chi connectivity index (χ4n) is 5.13. The Labute approximate surface area is 163 Å². The van der Waals surface area contributed by atoms with Gasteiger partial charge in [-0.1, -0.05) is 29.8 Å². The summed E-state index contributed by atoms with van der Waals surface area (Å²) in [5.41, 5.74) is 6.86. The van der Waals surface area contributed by atoms with Gasteiger partial charge in [-0.25, -0.2) is 0 Å². The highest BCUT2D eigenvalue weighted by Crippen LogP contribution is 2.58. The molecule has 0 unspecified atom stereocenters. The van der Waals surface area contributed by atoms with Gasteiger partial charge in [-0.3, -0.25) is 4.90 Å². The number of hydrogen-bond acceptors (Lipinski definition) is 5. The molecule has 134 valence electrons. The van der Waals surface area contributed by atoms with Crippen LogP contribution in [0.3, 0.4) is 0 Å². The van der Waals surface area contributed by atoms with Crippen molar-refractivity contribution in [3.05, 3.63) is 57.8 Å². The van der Waals surface area contributed by atoms with Crippen LogP contribution < -0.4 is 5.73 Å². The summed E-state index contributed by atoms with van der Waals surface area (Å²) in [6.45, 7) is 0. The highest BCUT2D eigenvalue weighted by atomic mass is 35.5. The molecule has 1 saturated heterocycles. The Morgan fingerprint density at radius 3 is 2.41 bits per heavy atom. The normalized spacial score (nSPS) is 31.3. The fraction of sp³-hybridized carbons (Fsp3) is 0.381. The molecule has 2 aliphatic heterocycles. The molecule has 0 spiro atoms. The molecule has 4 atom stereocenters. The lowest BCUT2D eigenvalue weighted by molar-refractivity contribution is 0.160. The molecular formula is C21H18ClN5. The second-order valence-corrected chi connectivity index (χ2v) is 7.92. The smallest absolute Gasteiger partial charge is 0.191 e. The first kappa shape index (κ1) is 17.6. The minimum absolute atomic E-state index is 0.0707. The molecule has 0 amide bonds. The van der Waals surface area contributed by atoms with Gasteiger partial charge in [0.15, 0.2) is 5.41 Å². The second kappa shape index (κ2) is 6.14. The zero-order valence-electron chi connectivity index (χ0n) is 14.9. The van der Waals surface area contributed by atoms with Gasteiger partial charge in [0.2, 0.25) is 0 Å². The average molecular weight is 376 g/mol. The van der Waals surface area contributed by atoms with Crippen molar-refractivity contribution in [2.75, 3.05) is 7.05 Å². The molecule has 1 fully saturated rings. The third-order valence-electron chi connectivity index (χ3n) is 6.45. The molecule has 2 N–H and O–H groups in total. The number of halogens is 1.